The topological polar surface area (TPSA) is 9.23 Å². The fourth-order valence-electron chi connectivity index (χ4n) is 1.76. The van der Waals surface area contributed by atoms with Gasteiger partial charge in [-0.2, -0.15) is 0 Å². The summed E-state index contributed by atoms with van der Waals surface area (Å²) >= 11 is 11.7. The smallest absolute Gasteiger partial charge is 0.119 e. The second-order valence-corrected chi connectivity index (χ2v) is 6.51. The molecule has 0 aliphatic heterocycles. The van der Waals surface area contributed by atoms with Crippen LogP contribution in [0, 0.1) is 6.92 Å². The van der Waals surface area contributed by atoms with Gasteiger partial charge in [0.2, 0.25) is 0 Å². The van der Waals surface area contributed by atoms with E-state index in [4.69, 9.17) is 16.3 Å². The molecule has 0 N–H and O–H groups in total. The van der Waals surface area contributed by atoms with Gasteiger partial charge in [-0.1, -0.05) is 39.7 Å². The van der Waals surface area contributed by atoms with E-state index in [0.29, 0.717) is 0 Å². The Balaban J connectivity index is 2.15. The molecule has 96 valence electrons. The summed E-state index contributed by atoms with van der Waals surface area (Å²) in [5.74, 6) is 0.889. The predicted octanol–water partition coefficient (Wildman–Crippen LogP) is 5.40. The van der Waals surface area contributed by atoms with Crippen LogP contribution in [0.1, 0.15) is 20.8 Å². The molecule has 0 amide bonds. The Kier molecular flexibility index (Phi) is 4.71. The van der Waals surface area contributed by atoms with E-state index >= 15 is 0 Å². The van der Waals surface area contributed by atoms with Gasteiger partial charge >= 0.3 is 0 Å². The second-order valence-electron chi connectivity index (χ2n) is 4.12. The molecule has 2 aromatic rings. The van der Waals surface area contributed by atoms with Crippen molar-refractivity contribution in [3.05, 3.63) is 50.7 Å². The first kappa shape index (κ1) is 13.9. The van der Waals surface area contributed by atoms with E-state index in [2.05, 4.69) is 33.4 Å². The van der Waals surface area contributed by atoms with Crippen LogP contribution >= 0.6 is 38.9 Å². The first-order valence-corrected chi connectivity index (χ1v) is 7.79. The average molecular weight is 346 g/mol. The molecule has 1 heterocycles. The molecular formula is C14H14BrClOS. The Morgan fingerprint density at radius 1 is 1.44 bits per heavy atom. The molecule has 0 saturated carbocycles. The average Bonchev–Trinajstić information content (AvgIpc) is 2.70. The van der Waals surface area contributed by atoms with Crippen molar-refractivity contribution in [2.45, 2.75) is 18.2 Å². The lowest BCUT2D eigenvalue weighted by molar-refractivity contribution is 0.414. The molecule has 1 unspecified atom stereocenters. The second kappa shape index (κ2) is 6.09. The Morgan fingerprint density at radius 2 is 2.22 bits per heavy atom. The first-order chi connectivity index (χ1) is 8.61. The van der Waals surface area contributed by atoms with E-state index in [1.165, 1.54) is 10.4 Å². The molecule has 1 aromatic carbocycles. The number of halogens is 2. The number of benzene rings is 1. The van der Waals surface area contributed by atoms with Crippen molar-refractivity contribution < 1.29 is 4.74 Å². The van der Waals surface area contributed by atoms with Crippen molar-refractivity contribution in [2.75, 3.05) is 7.11 Å². The molecule has 0 bridgehead atoms. The summed E-state index contributed by atoms with van der Waals surface area (Å²) in [6.45, 7) is 2.04. The SMILES string of the molecule is COc1cccc(CC(Br)c2scc(C)c2Cl)c1. The minimum absolute atomic E-state index is 0.246. The van der Waals surface area contributed by atoms with Crippen LogP contribution in [0.5, 0.6) is 5.75 Å². The molecule has 0 spiro atoms. The number of rotatable bonds is 4. The van der Waals surface area contributed by atoms with Crippen LogP contribution in [-0.4, -0.2) is 7.11 Å². The number of methoxy groups -OCH3 is 1. The summed E-state index contributed by atoms with van der Waals surface area (Å²) in [7, 11) is 1.68. The van der Waals surface area contributed by atoms with E-state index in [9.17, 15) is 0 Å². The van der Waals surface area contributed by atoms with E-state index in [-0.39, 0.29) is 4.83 Å². The highest BCUT2D eigenvalue weighted by molar-refractivity contribution is 9.09. The number of ether oxygens (including phenoxy) is 1. The molecule has 1 atom stereocenters. The lowest BCUT2D eigenvalue weighted by atomic mass is 10.1. The maximum Gasteiger partial charge on any atom is 0.119 e. The highest BCUT2D eigenvalue weighted by Gasteiger charge is 2.16. The fourth-order valence-corrected chi connectivity index (χ4v) is 4.12. The Morgan fingerprint density at radius 3 is 2.83 bits per heavy atom. The van der Waals surface area contributed by atoms with Crippen molar-refractivity contribution in [1.29, 1.82) is 0 Å². The van der Waals surface area contributed by atoms with Crippen molar-refractivity contribution in [3.63, 3.8) is 0 Å². The van der Waals surface area contributed by atoms with Crippen molar-refractivity contribution in [3.8, 4) is 5.75 Å². The molecule has 0 fully saturated rings. The summed E-state index contributed by atoms with van der Waals surface area (Å²) in [5, 5.41) is 2.97. The summed E-state index contributed by atoms with van der Waals surface area (Å²) in [6.07, 6.45) is 0.900. The maximum absolute atomic E-state index is 6.28. The Labute approximate surface area is 125 Å². The third-order valence-electron chi connectivity index (χ3n) is 2.76. The van der Waals surface area contributed by atoms with Gasteiger partial charge in [0.15, 0.2) is 0 Å². The maximum atomic E-state index is 6.28. The zero-order chi connectivity index (χ0) is 13.1. The van der Waals surface area contributed by atoms with E-state index < -0.39 is 0 Å². The summed E-state index contributed by atoms with van der Waals surface area (Å²) < 4.78 is 5.23. The van der Waals surface area contributed by atoms with Crippen LogP contribution in [0.3, 0.4) is 0 Å². The van der Waals surface area contributed by atoms with Gasteiger partial charge in [-0.25, -0.2) is 0 Å². The van der Waals surface area contributed by atoms with Crippen LogP contribution in [0.25, 0.3) is 0 Å². The number of aryl methyl sites for hydroxylation is 1. The fraction of sp³-hybridized carbons (Fsp3) is 0.286. The highest BCUT2D eigenvalue weighted by Crippen LogP contribution is 2.38. The predicted molar refractivity (Wildman–Crippen MR) is 82.4 cm³/mol. The van der Waals surface area contributed by atoms with Gasteiger partial charge < -0.3 is 4.74 Å². The molecule has 18 heavy (non-hydrogen) atoms. The summed E-state index contributed by atoms with van der Waals surface area (Å²) in [6, 6.07) is 8.12. The van der Waals surface area contributed by atoms with Crippen LogP contribution < -0.4 is 4.74 Å². The first-order valence-electron chi connectivity index (χ1n) is 5.62. The lowest BCUT2D eigenvalue weighted by Crippen LogP contribution is -1.94. The van der Waals surface area contributed by atoms with Gasteiger partial charge in [-0.05, 0) is 42.0 Å². The van der Waals surface area contributed by atoms with Gasteiger partial charge in [0, 0.05) is 4.88 Å². The van der Waals surface area contributed by atoms with E-state index in [1.807, 2.05) is 19.1 Å². The number of hydrogen-bond donors (Lipinski definition) is 0. The monoisotopic (exact) mass is 344 g/mol. The molecule has 2 rings (SSSR count). The van der Waals surface area contributed by atoms with Crippen molar-refractivity contribution in [2.24, 2.45) is 0 Å². The van der Waals surface area contributed by atoms with Crippen LogP contribution in [0.15, 0.2) is 29.6 Å². The van der Waals surface area contributed by atoms with Gasteiger partial charge in [0.1, 0.15) is 5.75 Å². The molecular weight excluding hydrogens is 332 g/mol. The zero-order valence-electron chi connectivity index (χ0n) is 10.2. The molecule has 0 aliphatic carbocycles. The molecule has 0 radical (unpaired) electrons. The molecule has 0 aliphatic rings. The summed E-state index contributed by atoms with van der Waals surface area (Å²) in [4.78, 5) is 1.44. The minimum atomic E-state index is 0.246. The largest absolute Gasteiger partial charge is 0.497 e. The van der Waals surface area contributed by atoms with Gasteiger partial charge in [-0.15, -0.1) is 11.3 Å². The third-order valence-corrected chi connectivity index (χ3v) is 5.67. The van der Waals surface area contributed by atoms with E-state index in [1.54, 1.807) is 18.4 Å². The van der Waals surface area contributed by atoms with Gasteiger partial charge in [-0.3, -0.25) is 0 Å². The lowest BCUT2D eigenvalue weighted by Gasteiger charge is -2.10. The molecule has 1 aromatic heterocycles. The number of alkyl halides is 1. The summed E-state index contributed by atoms with van der Waals surface area (Å²) in [5.41, 5.74) is 2.38. The number of thiophene rings is 1. The molecule has 0 saturated heterocycles. The molecule has 4 heteroatoms. The van der Waals surface area contributed by atoms with Gasteiger partial charge in [0.25, 0.3) is 0 Å². The van der Waals surface area contributed by atoms with Crippen LogP contribution in [-0.2, 0) is 6.42 Å². The standard InChI is InChI=1S/C14H14BrClOS/c1-9-8-18-14(13(9)16)12(15)7-10-4-3-5-11(6-10)17-2/h3-6,8,12H,7H2,1-2H3. The quantitative estimate of drug-likeness (QED) is 0.674. The van der Waals surface area contributed by atoms with Crippen molar-refractivity contribution in [1.82, 2.24) is 0 Å². The normalized spacial score (nSPS) is 12.4. The Hall–Kier alpha value is -0.510. The van der Waals surface area contributed by atoms with Gasteiger partial charge in [0.05, 0.1) is 17.0 Å². The third kappa shape index (κ3) is 3.08. The Bertz CT molecular complexity index is 538. The minimum Gasteiger partial charge on any atom is -0.497 e. The number of hydrogen-bond acceptors (Lipinski definition) is 2. The zero-order valence-corrected chi connectivity index (χ0v) is 13.4. The highest BCUT2D eigenvalue weighted by atomic mass is 79.9. The van der Waals surface area contributed by atoms with Crippen LogP contribution in [0.2, 0.25) is 5.02 Å². The van der Waals surface area contributed by atoms with E-state index in [0.717, 1.165) is 22.8 Å². The molecule has 1 nitrogen and oxygen atoms in total. The van der Waals surface area contributed by atoms with Crippen LogP contribution in [0.4, 0.5) is 0 Å². The van der Waals surface area contributed by atoms with Crippen molar-refractivity contribution >= 4 is 38.9 Å².